The van der Waals surface area contributed by atoms with E-state index in [2.05, 4.69) is 15.3 Å². The quantitative estimate of drug-likeness (QED) is 0.737. The lowest BCUT2D eigenvalue weighted by molar-refractivity contribution is -0.119. The predicted molar refractivity (Wildman–Crippen MR) is 103 cm³/mol. The van der Waals surface area contributed by atoms with Crippen LogP contribution in [0.2, 0.25) is 0 Å². The third-order valence-electron chi connectivity index (χ3n) is 5.05. The van der Waals surface area contributed by atoms with Gasteiger partial charge in [-0.1, -0.05) is 12.1 Å². The smallest absolute Gasteiger partial charge is 0.217 e. The molecule has 1 fully saturated rings. The van der Waals surface area contributed by atoms with Gasteiger partial charge in [0.1, 0.15) is 23.0 Å². The van der Waals surface area contributed by atoms with Gasteiger partial charge in [0.15, 0.2) is 0 Å². The van der Waals surface area contributed by atoms with Gasteiger partial charge in [-0.15, -0.1) is 0 Å². The van der Waals surface area contributed by atoms with Gasteiger partial charge in [0.25, 0.3) is 0 Å². The van der Waals surface area contributed by atoms with Crippen molar-refractivity contribution in [2.45, 2.75) is 32.4 Å². The third kappa shape index (κ3) is 3.84. The summed E-state index contributed by atoms with van der Waals surface area (Å²) in [6.07, 6.45) is 3.60. The first-order chi connectivity index (χ1) is 13.5. The lowest BCUT2D eigenvalue weighted by atomic mass is 10.0. The molecule has 0 bridgehead atoms. The first-order valence-corrected chi connectivity index (χ1v) is 9.34. The van der Waals surface area contributed by atoms with Crippen LogP contribution in [0.25, 0.3) is 5.69 Å². The van der Waals surface area contributed by atoms with Crippen LogP contribution >= 0.6 is 0 Å². The SMILES string of the molecule is CC(=O)N[C@@H]1CN(Cc2cnn(-c3ccccc3F)c2)C[C@H]1c1ccc(C)o1. The van der Waals surface area contributed by atoms with Gasteiger partial charge in [-0.05, 0) is 31.2 Å². The molecule has 1 aromatic carbocycles. The van der Waals surface area contributed by atoms with Gasteiger partial charge < -0.3 is 9.73 Å². The summed E-state index contributed by atoms with van der Waals surface area (Å²) in [5.41, 5.74) is 1.41. The van der Waals surface area contributed by atoms with Crippen LogP contribution in [0.5, 0.6) is 0 Å². The van der Waals surface area contributed by atoms with Crippen molar-refractivity contribution in [2.24, 2.45) is 0 Å². The normalized spacial score (nSPS) is 19.8. The maximum absolute atomic E-state index is 14.0. The number of carbonyl (C=O) groups is 1. The van der Waals surface area contributed by atoms with Crippen LogP contribution in [0.3, 0.4) is 0 Å². The minimum Gasteiger partial charge on any atom is -0.466 e. The summed E-state index contributed by atoms with van der Waals surface area (Å²) >= 11 is 0. The second kappa shape index (κ2) is 7.59. The second-order valence-corrected chi connectivity index (χ2v) is 7.30. The van der Waals surface area contributed by atoms with E-state index in [-0.39, 0.29) is 23.7 Å². The van der Waals surface area contributed by atoms with Crippen molar-refractivity contribution < 1.29 is 13.6 Å². The zero-order valence-electron chi connectivity index (χ0n) is 15.9. The second-order valence-electron chi connectivity index (χ2n) is 7.30. The highest BCUT2D eigenvalue weighted by Gasteiger charge is 2.36. The zero-order valence-corrected chi connectivity index (χ0v) is 15.9. The number of benzene rings is 1. The molecule has 0 unspecified atom stereocenters. The average molecular weight is 382 g/mol. The van der Waals surface area contributed by atoms with Crippen LogP contribution in [0.15, 0.2) is 53.2 Å². The van der Waals surface area contributed by atoms with Crippen LogP contribution in [-0.2, 0) is 11.3 Å². The highest BCUT2D eigenvalue weighted by molar-refractivity contribution is 5.73. The number of rotatable bonds is 5. The molecule has 3 aromatic rings. The molecule has 0 saturated carbocycles. The van der Waals surface area contributed by atoms with Crippen molar-refractivity contribution in [1.29, 1.82) is 0 Å². The van der Waals surface area contributed by atoms with E-state index in [1.165, 1.54) is 13.0 Å². The number of likely N-dealkylation sites (tertiary alicyclic amines) is 1. The van der Waals surface area contributed by atoms with Gasteiger partial charge in [0.2, 0.25) is 5.91 Å². The first kappa shape index (κ1) is 18.4. The molecule has 2 atom stereocenters. The molecule has 4 rings (SSSR count). The molecule has 6 nitrogen and oxygen atoms in total. The largest absolute Gasteiger partial charge is 0.466 e. The molecule has 1 aliphatic heterocycles. The van der Waals surface area contributed by atoms with Crippen LogP contribution in [0.4, 0.5) is 4.39 Å². The summed E-state index contributed by atoms with van der Waals surface area (Å²) in [5, 5.41) is 7.34. The summed E-state index contributed by atoms with van der Waals surface area (Å²) < 4.78 is 21.4. The van der Waals surface area contributed by atoms with Gasteiger partial charge in [0, 0.05) is 38.3 Å². The predicted octanol–water partition coefficient (Wildman–Crippen LogP) is 3.02. The Labute approximate surface area is 162 Å². The summed E-state index contributed by atoms with van der Waals surface area (Å²) in [6, 6.07) is 10.5. The fraction of sp³-hybridized carbons (Fsp3) is 0.333. The van der Waals surface area contributed by atoms with Crippen molar-refractivity contribution in [1.82, 2.24) is 20.0 Å². The molecular weight excluding hydrogens is 359 g/mol. The van der Waals surface area contributed by atoms with Gasteiger partial charge in [-0.2, -0.15) is 5.10 Å². The van der Waals surface area contributed by atoms with Crippen LogP contribution < -0.4 is 5.32 Å². The van der Waals surface area contributed by atoms with Crippen molar-refractivity contribution in [2.75, 3.05) is 13.1 Å². The molecule has 28 heavy (non-hydrogen) atoms. The van der Waals surface area contributed by atoms with Crippen LogP contribution in [0.1, 0.15) is 29.9 Å². The number of nitrogens with zero attached hydrogens (tertiary/aromatic N) is 3. The molecule has 1 amide bonds. The van der Waals surface area contributed by atoms with E-state index >= 15 is 0 Å². The number of aromatic nitrogens is 2. The van der Waals surface area contributed by atoms with Crippen molar-refractivity contribution in [3.8, 4) is 5.69 Å². The fourth-order valence-corrected chi connectivity index (χ4v) is 3.83. The Balaban J connectivity index is 1.49. The Morgan fingerprint density at radius 3 is 2.82 bits per heavy atom. The molecule has 1 aliphatic rings. The van der Waals surface area contributed by atoms with E-state index in [0.29, 0.717) is 12.2 Å². The van der Waals surface area contributed by atoms with E-state index in [0.717, 1.165) is 30.2 Å². The molecule has 7 heteroatoms. The van der Waals surface area contributed by atoms with Gasteiger partial charge in [0.05, 0.1) is 18.2 Å². The molecule has 0 aliphatic carbocycles. The fourth-order valence-electron chi connectivity index (χ4n) is 3.83. The topological polar surface area (TPSA) is 63.3 Å². The maximum atomic E-state index is 14.0. The Bertz CT molecular complexity index is 980. The summed E-state index contributed by atoms with van der Waals surface area (Å²) in [6.45, 7) is 5.60. The number of hydrogen-bond donors (Lipinski definition) is 1. The molecular formula is C21H23FN4O2. The molecule has 146 valence electrons. The molecule has 2 aromatic heterocycles. The molecule has 0 spiro atoms. The van der Waals surface area contributed by atoms with Gasteiger partial charge >= 0.3 is 0 Å². The molecule has 3 heterocycles. The van der Waals surface area contributed by atoms with Gasteiger partial charge in [-0.25, -0.2) is 9.07 Å². The monoisotopic (exact) mass is 382 g/mol. The van der Waals surface area contributed by atoms with E-state index in [1.807, 2.05) is 25.3 Å². The Kier molecular flexibility index (Phi) is 5.00. The Hall–Kier alpha value is -2.93. The Morgan fingerprint density at radius 2 is 2.11 bits per heavy atom. The number of amides is 1. The number of hydrogen-bond acceptors (Lipinski definition) is 4. The highest BCUT2D eigenvalue weighted by Crippen LogP contribution is 2.30. The zero-order chi connectivity index (χ0) is 19.7. The van der Waals surface area contributed by atoms with E-state index < -0.39 is 0 Å². The summed E-state index contributed by atoms with van der Waals surface area (Å²) in [7, 11) is 0. The van der Waals surface area contributed by atoms with E-state index in [1.54, 1.807) is 29.1 Å². The lowest BCUT2D eigenvalue weighted by Crippen LogP contribution is -2.38. The highest BCUT2D eigenvalue weighted by atomic mass is 19.1. The molecule has 1 N–H and O–H groups in total. The van der Waals surface area contributed by atoms with Crippen molar-refractivity contribution in [3.63, 3.8) is 0 Å². The van der Waals surface area contributed by atoms with E-state index in [9.17, 15) is 9.18 Å². The molecule has 1 saturated heterocycles. The number of nitrogens with one attached hydrogen (secondary N) is 1. The van der Waals surface area contributed by atoms with Gasteiger partial charge in [-0.3, -0.25) is 9.69 Å². The number of aryl methyl sites for hydroxylation is 1. The van der Waals surface area contributed by atoms with Crippen LogP contribution in [-0.4, -0.2) is 39.7 Å². The summed E-state index contributed by atoms with van der Waals surface area (Å²) in [4.78, 5) is 13.9. The Morgan fingerprint density at radius 1 is 1.29 bits per heavy atom. The number of halogens is 1. The number of furan rings is 1. The number of carbonyl (C=O) groups excluding carboxylic acids is 1. The van der Waals surface area contributed by atoms with Crippen molar-refractivity contribution in [3.05, 3.63) is 71.7 Å². The summed E-state index contributed by atoms with van der Waals surface area (Å²) in [5.74, 6) is 1.49. The lowest BCUT2D eigenvalue weighted by Gasteiger charge is -2.17. The first-order valence-electron chi connectivity index (χ1n) is 9.34. The minimum atomic E-state index is -0.308. The van der Waals surface area contributed by atoms with Crippen LogP contribution in [0, 0.1) is 12.7 Å². The maximum Gasteiger partial charge on any atom is 0.217 e. The molecule has 0 radical (unpaired) electrons. The standard InChI is InChI=1S/C21H23FN4O2/c1-14-7-8-21(28-14)17-12-25(13-19(17)24-15(2)27)10-16-9-23-26(11-16)20-6-4-3-5-18(20)22/h3-9,11,17,19H,10,12-13H2,1-2H3,(H,24,27)/t17-,19-/m1/s1. The van der Waals surface area contributed by atoms with Crippen molar-refractivity contribution >= 4 is 5.91 Å². The third-order valence-corrected chi connectivity index (χ3v) is 5.05. The minimum absolute atomic E-state index is 0.00957. The average Bonchev–Trinajstić information content (AvgIpc) is 3.36. The van der Waals surface area contributed by atoms with E-state index in [4.69, 9.17) is 4.42 Å². The number of para-hydroxylation sites is 1.